The Morgan fingerprint density at radius 1 is 1.00 bits per heavy atom. The van der Waals surface area contributed by atoms with E-state index in [9.17, 15) is 4.79 Å². The summed E-state index contributed by atoms with van der Waals surface area (Å²) in [6, 6.07) is 11.8. The summed E-state index contributed by atoms with van der Waals surface area (Å²) in [4.78, 5) is 32.7. The number of imidazole rings is 1. The predicted molar refractivity (Wildman–Crippen MR) is 106 cm³/mol. The van der Waals surface area contributed by atoms with Gasteiger partial charge in [-0.3, -0.25) is 4.79 Å². The molecule has 1 aromatic carbocycles. The number of aromatic nitrogens is 4. The van der Waals surface area contributed by atoms with Crippen LogP contribution in [0.3, 0.4) is 0 Å². The molecule has 8 heteroatoms. The summed E-state index contributed by atoms with van der Waals surface area (Å²) in [6.45, 7) is 2.87. The minimum Gasteiger partial charge on any atom is -0.338 e. The van der Waals surface area contributed by atoms with E-state index in [2.05, 4.69) is 24.8 Å². The SMILES string of the molecule is O=C(CSc1ncc(-c2ccccc2)[nH]1)N1CCN(c2ncccn2)CC1. The first kappa shape index (κ1) is 17.5. The van der Waals surface area contributed by atoms with Crippen molar-refractivity contribution in [2.24, 2.45) is 0 Å². The van der Waals surface area contributed by atoms with E-state index < -0.39 is 0 Å². The number of nitrogens with zero attached hydrogens (tertiary/aromatic N) is 5. The molecule has 27 heavy (non-hydrogen) atoms. The first-order valence-electron chi connectivity index (χ1n) is 8.82. The lowest BCUT2D eigenvalue weighted by molar-refractivity contribution is -0.128. The molecule has 0 unspecified atom stereocenters. The van der Waals surface area contributed by atoms with Crippen molar-refractivity contribution >= 4 is 23.6 Å². The number of benzene rings is 1. The van der Waals surface area contributed by atoms with Gasteiger partial charge >= 0.3 is 0 Å². The lowest BCUT2D eigenvalue weighted by Gasteiger charge is -2.34. The molecule has 0 bridgehead atoms. The maximum absolute atomic E-state index is 12.5. The van der Waals surface area contributed by atoms with Gasteiger partial charge in [-0.05, 0) is 11.6 Å². The van der Waals surface area contributed by atoms with Crippen molar-refractivity contribution in [1.29, 1.82) is 0 Å². The number of amides is 1. The minimum atomic E-state index is 0.131. The van der Waals surface area contributed by atoms with Gasteiger partial charge in [0.2, 0.25) is 11.9 Å². The molecular weight excluding hydrogens is 360 g/mol. The zero-order valence-electron chi connectivity index (χ0n) is 14.8. The van der Waals surface area contributed by atoms with Gasteiger partial charge in [0.15, 0.2) is 5.16 Å². The zero-order chi connectivity index (χ0) is 18.5. The molecule has 0 spiro atoms. The van der Waals surface area contributed by atoms with Gasteiger partial charge in [-0.25, -0.2) is 15.0 Å². The van der Waals surface area contributed by atoms with E-state index in [1.807, 2.05) is 35.2 Å². The van der Waals surface area contributed by atoms with E-state index in [0.717, 1.165) is 35.5 Å². The van der Waals surface area contributed by atoms with Crippen LogP contribution in [-0.2, 0) is 4.79 Å². The van der Waals surface area contributed by atoms with Crippen LogP contribution < -0.4 is 4.90 Å². The maximum atomic E-state index is 12.5. The average molecular weight is 380 g/mol. The molecule has 3 aromatic rings. The molecule has 1 amide bonds. The monoisotopic (exact) mass is 380 g/mol. The number of hydrogen-bond donors (Lipinski definition) is 1. The number of carbonyl (C=O) groups excluding carboxylic acids is 1. The minimum absolute atomic E-state index is 0.131. The highest BCUT2D eigenvalue weighted by Crippen LogP contribution is 2.21. The van der Waals surface area contributed by atoms with Crippen molar-refractivity contribution in [1.82, 2.24) is 24.8 Å². The van der Waals surface area contributed by atoms with Gasteiger partial charge in [0.05, 0.1) is 17.6 Å². The van der Waals surface area contributed by atoms with E-state index in [4.69, 9.17) is 0 Å². The Balaban J connectivity index is 1.27. The first-order valence-corrected chi connectivity index (χ1v) is 9.81. The number of thioether (sulfide) groups is 1. The highest BCUT2D eigenvalue weighted by atomic mass is 32.2. The Labute approximate surface area is 161 Å². The third-order valence-electron chi connectivity index (χ3n) is 4.44. The number of aromatic amines is 1. The van der Waals surface area contributed by atoms with E-state index >= 15 is 0 Å². The summed E-state index contributed by atoms with van der Waals surface area (Å²) in [6.07, 6.45) is 5.29. The normalized spacial score (nSPS) is 14.4. The number of H-pyrrole nitrogens is 1. The van der Waals surface area contributed by atoms with E-state index in [1.54, 1.807) is 24.7 Å². The van der Waals surface area contributed by atoms with Gasteiger partial charge < -0.3 is 14.8 Å². The van der Waals surface area contributed by atoms with Crippen LogP contribution in [-0.4, -0.2) is 62.7 Å². The first-order chi connectivity index (χ1) is 13.3. The summed E-state index contributed by atoms with van der Waals surface area (Å²) >= 11 is 1.44. The van der Waals surface area contributed by atoms with Crippen LogP contribution in [0.15, 0.2) is 60.1 Å². The van der Waals surface area contributed by atoms with Gasteiger partial charge in [0.1, 0.15) is 0 Å². The van der Waals surface area contributed by atoms with Crippen molar-refractivity contribution in [3.63, 3.8) is 0 Å². The summed E-state index contributed by atoms with van der Waals surface area (Å²) in [5.74, 6) is 1.23. The highest BCUT2D eigenvalue weighted by Gasteiger charge is 2.22. The quantitative estimate of drug-likeness (QED) is 0.685. The van der Waals surface area contributed by atoms with Crippen molar-refractivity contribution in [2.75, 3.05) is 36.8 Å². The Morgan fingerprint density at radius 2 is 1.74 bits per heavy atom. The number of piperazine rings is 1. The molecule has 138 valence electrons. The van der Waals surface area contributed by atoms with Crippen molar-refractivity contribution in [3.8, 4) is 11.3 Å². The molecule has 0 saturated carbocycles. The van der Waals surface area contributed by atoms with E-state index in [-0.39, 0.29) is 5.91 Å². The van der Waals surface area contributed by atoms with Crippen molar-refractivity contribution in [2.45, 2.75) is 5.16 Å². The Kier molecular flexibility index (Phi) is 5.34. The van der Waals surface area contributed by atoms with Crippen LogP contribution in [0.4, 0.5) is 5.95 Å². The third-order valence-corrected chi connectivity index (χ3v) is 5.31. The molecule has 0 radical (unpaired) electrons. The van der Waals surface area contributed by atoms with Gasteiger partial charge in [-0.2, -0.15) is 0 Å². The second-order valence-corrected chi connectivity index (χ2v) is 7.14. The second kappa shape index (κ2) is 8.22. The van der Waals surface area contributed by atoms with Crippen LogP contribution in [0.1, 0.15) is 0 Å². The van der Waals surface area contributed by atoms with Crippen LogP contribution in [0, 0.1) is 0 Å². The lowest BCUT2D eigenvalue weighted by Crippen LogP contribution is -2.49. The van der Waals surface area contributed by atoms with Crippen molar-refractivity contribution < 1.29 is 4.79 Å². The molecule has 1 aliphatic rings. The van der Waals surface area contributed by atoms with Crippen molar-refractivity contribution in [3.05, 3.63) is 55.0 Å². The number of nitrogens with one attached hydrogen (secondary N) is 1. The summed E-state index contributed by atoms with van der Waals surface area (Å²) in [5.41, 5.74) is 2.05. The van der Waals surface area contributed by atoms with Gasteiger partial charge in [-0.15, -0.1) is 0 Å². The van der Waals surface area contributed by atoms with Gasteiger partial charge in [-0.1, -0.05) is 42.1 Å². The fourth-order valence-corrected chi connectivity index (χ4v) is 3.72. The molecule has 1 saturated heterocycles. The Hall–Kier alpha value is -2.87. The van der Waals surface area contributed by atoms with E-state index in [1.165, 1.54) is 11.8 Å². The molecule has 1 aliphatic heterocycles. The highest BCUT2D eigenvalue weighted by molar-refractivity contribution is 7.99. The van der Waals surface area contributed by atoms with Gasteiger partial charge in [0.25, 0.3) is 0 Å². The topological polar surface area (TPSA) is 78.0 Å². The molecule has 3 heterocycles. The van der Waals surface area contributed by atoms with Gasteiger partial charge in [0, 0.05) is 38.6 Å². The Bertz CT molecular complexity index is 877. The smallest absolute Gasteiger partial charge is 0.233 e. The number of rotatable bonds is 5. The summed E-state index contributed by atoms with van der Waals surface area (Å²) in [7, 11) is 0. The molecule has 7 nitrogen and oxygen atoms in total. The summed E-state index contributed by atoms with van der Waals surface area (Å²) in [5, 5.41) is 0.763. The molecule has 0 atom stereocenters. The molecular formula is C19H20N6OS. The van der Waals surface area contributed by atoms with Crippen LogP contribution in [0.2, 0.25) is 0 Å². The number of hydrogen-bond acceptors (Lipinski definition) is 6. The third kappa shape index (κ3) is 4.28. The molecule has 2 aromatic heterocycles. The lowest BCUT2D eigenvalue weighted by atomic mass is 10.2. The molecule has 4 rings (SSSR count). The molecule has 1 N–H and O–H groups in total. The maximum Gasteiger partial charge on any atom is 0.233 e. The standard InChI is InChI=1S/C19H20N6OS/c26-17(24-9-11-25(12-10-24)18-20-7-4-8-21-18)14-27-19-22-13-16(23-19)15-5-2-1-3-6-15/h1-8,13H,9-12,14H2,(H,22,23). The fourth-order valence-electron chi connectivity index (χ4n) is 2.97. The Morgan fingerprint density at radius 3 is 2.48 bits per heavy atom. The molecule has 1 fully saturated rings. The largest absolute Gasteiger partial charge is 0.338 e. The second-order valence-electron chi connectivity index (χ2n) is 6.17. The number of carbonyl (C=O) groups is 1. The average Bonchev–Trinajstić information content (AvgIpc) is 3.22. The summed E-state index contributed by atoms with van der Waals surface area (Å²) < 4.78 is 0. The zero-order valence-corrected chi connectivity index (χ0v) is 15.6. The fraction of sp³-hybridized carbons (Fsp3) is 0.263. The molecule has 0 aliphatic carbocycles. The van der Waals surface area contributed by atoms with Crippen LogP contribution in [0.5, 0.6) is 0 Å². The van der Waals surface area contributed by atoms with Crippen LogP contribution in [0.25, 0.3) is 11.3 Å². The van der Waals surface area contributed by atoms with E-state index in [0.29, 0.717) is 18.8 Å². The number of anilines is 1. The predicted octanol–water partition coefficient (Wildman–Crippen LogP) is 2.31. The van der Waals surface area contributed by atoms with Crippen LogP contribution >= 0.6 is 11.8 Å².